The quantitative estimate of drug-likeness (QED) is 0.474. The molecule has 0 atom stereocenters. The molecule has 0 unspecified atom stereocenters. The Bertz CT molecular complexity index is 233. The smallest absolute Gasteiger partial charge is 0.307 e. The van der Waals surface area contributed by atoms with Crippen LogP contribution in [-0.2, 0) is 4.79 Å². The molecule has 0 amide bonds. The van der Waals surface area contributed by atoms with Gasteiger partial charge in [-0.3, -0.25) is 14.9 Å². The Morgan fingerprint density at radius 2 is 2.15 bits per heavy atom. The van der Waals surface area contributed by atoms with Crippen LogP contribution in [0, 0.1) is 16.0 Å². The lowest BCUT2D eigenvalue weighted by atomic mass is 9.67. The Hall–Kier alpha value is -1.17. The van der Waals surface area contributed by atoms with Gasteiger partial charge in [0.2, 0.25) is 5.54 Å². The van der Waals surface area contributed by atoms with Crippen molar-refractivity contribution in [2.75, 3.05) is 6.61 Å². The fourth-order valence-corrected chi connectivity index (χ4v) is 1.68. The van der Waals surface area contributed by atoms with Crippen LogP contribution in [0.1, 0.15) is 19.3 Å². The van der Waals surface area contributed by atoms with E-state index < -0.39 is 22.3 Å². The van der Waals surface area contributed by atoms with Gasteiger partial charge in [0.15, 0.2) is 0 Å². The average molecular weight is 189 g/mol. The highest BCUT2D eigenvalue weighted by atomic mass is 16.6. The summed E-state index contributed by atoms with van der Waals surface area (Å²) in [5.41, 5.74) is -1.18. The predicted octanol–water partition coefficient (Wildman–Crippen LogP) is -0.121. The van der Waals surface area contributed by atoms with Gasteiger partial charge in [-0.2, -0.15) is 0 Å². The third-order valence-corrected chi connectivity index (χ3v) is 2.57. The first kappa shape index (κ1) is 9.91. The maximum atomic E-state index is 10.6. The van der Waals surface area contributed by atoms with Crippen molar-refractivity contribution in [2.24, 2.45) is 5.92 Å². The molecule has 0 heterocycles. The molecule has 0 aliphatic heterocycles. The molecule has 1 aliphatic carbocycles. The molecule has 6 nitrogen and oxygen atoms in total. The highest BCUT2D eigenvalue weighted by molar-refractivity contribution is 5.71. The number of carbonyl (C=O) groups is 1. The maximum Gasteiger partial charge on any atom is 0.307 e. The molecule has 6 heteroatoms. The molecule has 0 aromatic heterocycles. The van der Waals surface area contributed by atoms with Gasteiger partial charge < -0.3 is 10.2 Å². The molecule has 0 aromatic carbocycles. The van der Waals surface area contributed by atoms with Gasteiger partial charge in [0.25, 0.3) is 0 Å². The van der Waals surface area contributed by atoms with Crippen LogP contribution in [0.2, 0.25) is 0 Å². The van der Waals surface area contributed by atoms with Gasteiger partial charge in [0.05, 0.1) is 5.92 Å². The lowest BCUT2D eigenvalue weighted by Crippen LogP contribution is -2.53. The Morgan fingerprint density at radius 3 is 2.46 bits per heavy atom. The molecular weight excluding hydrogens is 178 g/mol. The van der Waals surface area contributed by atoms with Gasteiger partial charge in [0, 0.05) is 30.8 Å². The van der Waals surface area contributed by atoms with Gasteiger partial charge >= 0.3 is 5.97 Å². The topological polar surface area (TPSA) is 101 Å². The second-order valence-corrected chi connectivity index (χ2v) is 3.40. The van der Waals surface area contributed by atoms with E-state index in [0.717, 1.165) is 0 Å². The van der Waals surface area contributed by atoms with Gasteiger partial charge in [-0.25, -0.2) is 0 Å². The van der Waals surface area contributed by atoms with E-state index in [1.165, 1.54) is 0 Å². The van der Waals surface area contributed by atoms with Crippen LogP contribution in [0.25, 0.3) is 0 Å². The molecule has 0 radical (unpaired) electrons. The highest BCUT2D eigenvalue weighted by Gasteiger charge is 2.56. The first-order valence-corrected chi connectivity index (χ1v) is 4.00. The van der Waals surface area contributed by atoms with Gasteiger partial charge in [0.1, 0.15) is 0 Å². The first-order valence-electron chi connectivity index (χ1n) is 4.00. The summed E-state index contributed by atoms with van der Waals surface area (Å²) in [7, 11) is 0. The molecule has 0 bridgehead atoms. The molecule has 0 aromatic rings. The fourth-order valence-electron chi connectivity index (χ4n) is 1.68. The molecule has 1 fully saturated rings. The number of rotatable bonds is 4. The number of nitrogens with zero attached hydrogens (tertiary/aromatic N) is 1. The molecule has 74 valence electrons. The fraction of sp³-hybridized carbons (Fsp3) is 0.857. The lowest BCUT2D eigenvalue weighted by molar-refractivity contribution is -0.591. The van der Waals surface area contributed by atoms with E-state index in [0.29, 0.717) is 0 Å². The zero-order chi connectivity index (χ0) is 10.1. The summed E-state index contributed by atoms with van der Waals surface area (Å²) < 4.78 is 0. The van der Waals surface area contributed by atoms with Crippen molar-refractivity contribution in [1.82, 2.24) is 0 Å². The Kier molecular flexibility index (Phi) is 2.51. The molecule has 0 saturated heterocycles. The van der Waals surface area contributed by atoms with Crippen molar-refractivity contribution in [3.63, 3.8) is 0 Å². The summed E-state index contributed by atoms with van der Waals surface area (Å²) in [6.07, 6.45) is 0.121. The monoisotopic (exact) mass is 189 g/mol. The number of aliphatic carboxylic acids is 1. The molecular formula is C7H11NO5. The summed E-state index contributed by atoms with van der Waals surface area (Å²) in [5.74, 6) is -1.60. The van der Waals surface area contributed by atoms with Crippen LogP contribution in [-0.4, -0.2) is 33.3 Å². The normalized spacial score (nSPS) is 32.2. The van der Waals surface area contributed by atoms with Gasteiger partial charge in [-0.05, 0) is 0 Å². The molecule has 1 rings (SSSR count). The average Bonchev–Trinajstić information content (AvgIpc) is 1.94. The van der Waals surface area contributed by atoms with E-state index in [4.69, 9.17) is 10.2 Å². The van der Waals surface area contributed by atoms with Crippen LogP contribution in [0.15, 0.2) is 0 Å². The molecule has 1 saturated carbocycles. The van der Waals surface area contributed by atoms with Crippen molar-refractivity contribution in [3.05, 3.63) is 10.1 Å². The number of aliphatic hydroxyl groups excluding tert-OH is 1. The predicted molar refractivity (Wildman–Crippen MR) is 41.8 cm³/mol. The summed E-state index contributed by atoms with van der Waals surface area (Å²) >= 11 is 0. The largest absolute Gasteiger partial charge is 0.481 e. The van der Waals surface area contributed by atoms with Crippen molar-refractivity contribution >= 4 is 5.97 Å². The van der Waals surface area contributed by atoms with Crippen molar-refractivity contribution in [2.45, 2.75) is 24.8 Å². The number of carboxylic acids is 1. The third-order valence-electron chi connectivity index (χ3n) is 2.57. The lowest BCUT2D eigenvalue weighted by Gasteiger charge is -2.37. The van der Waals surface area contributed by atoms with Gasteiger partial charge in [-0.15, -0.1) is 0 Å². The highest BCUT2D eigenvalue weighted by Crippen LogP contribution is 2.42. The summed E-state index contributed by atoms with van der Waals surface area (Å²) in [5, 5.41) is 27.7. The molecule has 13 heavy (non-hydrogen) atoms. The second kappa shape index (κ2) is 3.29. The summed E-state index contributed by atoms with van der Waals surface area (Å²) in [4.78, 5) is 20.5. The van der Waals surface area contributed by atoms with Gasteiger partial charge in [-0.1, -0.05) is 0 Å². The van der Waals surface area contributed by atoms with E-state index in [1.54, 1.807) is 0 Å². The Morgan fingerprint density at radius 1 is 1.62 bits per heavy atom. The summed E-state index contributed by atoms with van der Waals surface area (Å²) in [6, 6.07) is 0. The second-order valence-electron chi connectivity index (χ2n) is 3.40. The molecule has 2 N–H and O–H groups in total. The van der Waals surface area contributed by atoms with Crippen molar-refractivity contribution in [1.29, 1.82) is 0 Å². The van der Waals surface area contributed by atoms with E-state index in [9.17, 15) is 14.9 Å². The van der Waals surface area contributed by atoms with Crippen LogP contribution in [0.3, 0.4) is 0 Å². The van der Waals surface area contributed by atoms with E-state index in [-0.39, 0.29) is 25.9 Å². The van der Waals surface area contributed by atoms with Crippen molar-refractivity contribution < 1.29 is 19.9 Å². The number of aliphatic hydroxyl groups is 1. The minimum atomic E-state index is -1.18. The third kappa shape index (κ3) is 1.62. The maximum absolute atomic E-state index is 10.6. The number of carboxylic acid groups (broad SMARTS) is 1. The van der Waals surface area contributed by atoms with E-state index in [1.807, 2.05) is 0 Å². The summed E-state index contributed by atoms with van der Waals surface area (Å²) in [6.45, 7) is -0.271. The van der Waals surface area contributed by atoms with E-state index >= 15 is 0 Å². The zero-order valence-electron chi connectivity index (χ0n) is 6.97. The number of hydrogen-bond donors (Lipinski definition) is 2. The van der Waals surface area contributed by atoms with Crippen LogP contribution < -0.4 is 0 Å². The standard InChI is InChI=1S/C7H11NO5/c9-2-1-7(8(12)13)3-5(4-7)6(10)11/h5,9H,1-4H2,(H,10,11). The Balaban J connectivity index is 2.58. The number of nitro groups is 1. The molecule has 0 spiro atoms. The Labute approximate surface area is 74.3 Å². The minimum Gasteiger partial charge on any atom is -0.481 e. The SMILES string of the molecule is O=C(O)C1CC(CCO)([N+](=O)[O-])C1. The van der Waals surface area contributed by atoms with Crippen LogP contribution in [0.5, 0.6) is 0 Å². The van der Waals surface area contributed by atoms with Crippen LogP contribution in [0.4, 0.5) is 0 Å². The van der Waals surface area contributed by atoms with E-state index in [2.05, 4.69) is 0 Å². The van der Waals surface area contributed by atoms with Crippen molar-refractivity contribution in [3.8, 4) is 0 Å². The number of hydrogen-bond acceptors (Lipinski definition) is 4. The zero-order valence-corrected chi connectivity index (χ0v) is 6.97. The van der Waals surface area contributed by atoms with Crippen LogP contribution >= 0.6 is 0 Å². The minimum absolute atomic E-state index is 0.0376. The molecule has 1 aliphatic rings. The first-order chi connectivity index (χ1) is 6.02.